The minimum Gasteiger partial charge on any atom is -0.394 e. The molecule has 0 saturated heterocycles. The summed E-state index contributed by atoms with van der Waals surface area (Å²) in [6.45, 7) is 0.389. The van der Waals surface area contributed by atoms with Gasteiger partial charge in [-0.2, -0.15) is 5.10 Å². The first-order valence-electron chi connectivity index (χ1n) is 7.63. The SMILES string of the molecule is CS(=O)(=O)Nc1ccc(-c2cn(CCO)nc2-c2ccncc2)cc1. The Morgan fingerprint density at radius 1 is 1.08 bits per heavy atom. The van der Waals surface area contributed by atoms with E-state index in [2.05, 4.69) is 14.8 Å². The van der Waals surface area contributed by atoms with Crippen molar-refractivity contribution in [3.8, 4) is 22.4 Å². The van der Waals surface area contributed by atoms with Crippen LogP contribution < -0.4 is 4.72 Å². The zero-order chi connectivity index (χ0) is 17.9. The van der Waals surface area contributed by atoms with Gasteiger partial charge in [0, 0.05) is 35.4 Å². The summed E-state index contributed by atoms with van der Waals surface area (Å²) in [6, 6.07) is 10.8. The van der Waals surface area contributed by atoms with Gasteiger partial charge in [0.1, 0.15) is 5.69 Å². The average Bonchev–Trinajstić information content (AvgIpc) is 2.99. The van der Waals surface area contributed by atoms with Gasteiger partial charge in [-0.3, -0.25) is 14.4 Å². The van der Waals surface area contributed by atoms with Crippen molar-refractivity contribution in [2.75, 3.05) is 17.6 Å². The average molecular weight is 358 g/mol. The molecule has 2 N–H and O–H groups in total. The van der Waals surface area contributed by atoms with Gasteiger partial charge in [0.05, 0.1) is 19.4 Å². The summed E-state index contributed by atoms with van der Waals surface area (Å²) in [5.74, 6) is 0. The predicted molar refractivity (Wildman–Crippen MR) is 96.4 cm³/mol. The second-order valence-electron chi connectivity index (χ2n) is 5.57. The molecule has 2 aromatic heterocycles. The highest BCUT2D eigenvalue weighted by Crippen LogP contribution is 2.31. The van der Waals surface area contributed by atoms with Crippen molar-refractivity contribution in [1.82, 2.24) is 14.8 Å². The Morgan fingerprint density at radius 3 is 2.36 bits per heavy atom. The summed E-state index contributed by atoms with van der Waals surface area (Å²) < 4.78 is 26.8. The number of aliphatic hydroxyl groups is 1. The Balaban J connectivity index is 2.01. The largest absolute Gasteiger partial charge is 0.394 e. The summed E-state index contributed by atoms with van der Waals surface area (Å²) in [4.78, 5) is 4.02. The zero-order valence-electron chi connectivity index (χ0n) is 13.6. The molecule has 0 bridgehead atoms. The van der Waals surface area contributed by atoms with Crippen LogP contribution in [-0.2, 0) is 16.6 Å². The molecule has 2 heterocycles. The first-order chi connectivity index (χ1) is 12.0. The third-order valence-electron chi connectivity index (χ3n) is 3.54. The van der Waals surface area contributed by atoms with Gasteiger partial charge in [-0.25, -0.2) is 8.42 Å². The number of benzene rings is 1. The van der Waals surface area contributed by atoms with Gasteiger partial charge in [0.25, 0.3) is 0 Å². The number of pyridine rings is 1. The van der Waals surface area contributed by atoms with Crippen LogP contribution in [-0.4, -0.2) is 41.2 Å². The minimum atomic E-state index is -3.31. The smallest absolute Gasteiger partial charge is 0.229 e. The molecule has 1 aromatic carbocycles. The Bertz CT molecular complexity index is 951. The molecule has 25 heavy (non-hydrogen) atoms. The van der Waals surface area contributed by atoms with Gasteiger partial charge >= 0.3 is 0 Å². The fraction of sp³-hybridized carbons (Fsp3) is 0.176. The fourth-order valence-corrected chi connectivity index (χ4v) is 3.07. The highest BCUT2D eigenvalue weighted by molar-refractivity contribution is 7.92. The van der Waals surface area contributed by atoms with E-state index in [1.54, 1.807) is 29.2 Å². The molecule has 0 spiro atoms. The minimum absolute atomic E-state index is 0.00583. The van der Waals surface area contributed by atoms with Crippen LogP contribution in [0.3, 0.4) is 0 Å². The van der Waals surface area contributed by atoms with Crippen LogP contribution in [0.2, 0.25) is 0 Å². The number of aliphatic hydroxyl groups excluding tert-OH is 1. The monoisotopic (exact) mass is 358 g/mol. The molecule has 0 fully saturated rings. The highest BCUT2D eigenvalue weighted by Gasteiger charge is 2.13. The van der Waals surface area contributed by atoms with Crippen molar-refractivity contribution < 1.29 is 13.5 Å². The van der Waals surface area contributed by atoms with E-state index in [0.717, 1.165) is 28.6 Å². The van der Waals surface area contributed by atoms with Crippen LogP contribution in [0.4, 0.5) is 5.69 Å². The Hall–Kier alpha value is -2.71. The van der Waals surface area contributed by atoms with Crippen molar-refractivity contribution in [2.45, 2.75) is 6.54 Å². The standard InChI is InChI=1S/C17H18N4O3S/c1-25(23,24)20-15-4-2-13(3-5-15)16-12-21(10-11-22)19-17(16)14-6-8-18-9-7-14/h2-9,12,20,22H,10-11H2,1H3. The fourth-order valence-electron chi connectivity index (χ4n) is 2.50. The van der Waals surface area contributed by atoms with Gasteiger partial charge < -0.3 is 5.11 Å². The van der Waals surface area contributed by atoms with Crippen LogP contribution >= 0.6 is 0 Å². The van der Waals surface area contributed by atoms with Crippen molar-refractivity contribution in [1.29, 1.82) is 0 Å². The number of hydrogen-bond acceptors (Lipinski definition) is 5. The molecule has 0 aliphatic rings. The molecule has 0 radical (unpaired) electrons. The number of aromatic nitrogens is 3. The molecule has 0 saturated carbocycles. The topological polar surface area (TPSA) is 97.1 Å². The van der Waals surface area contributed by atoms with Crippen molar-refractivity contribution >= 4 is 15.7 Å². The molecule has 3 aromatic rings. The number of sulfonamides is 1. The Morgan fingerprint density at radius 2 is 1.76 bits per heavy atom. The van der Waals surface area contributed by atoms with Gasteiger partial charge in [-0.05, 0) is 29.8 Å². The molecule has 3 rings (SSSR count). The number of hydrogen-bond donors (Lipinski definition) is 2. The molecule has 0 aliphatic heterocycles. The Kier molecular flexibility index (Phi) is 4.82. The highest BCUT2D eigenvalue weighted by atomic mass is 32.2. The van der Waals surface area contributed by atoms with Gasteiger partial charge in [-0.1, -0.05) is 12.1 Å². The maximum atomic E-state index is 11.3. The molecular weight excluding hydrogens is 340 g/mol. The number of anilines is 1. The van der Waals surface area contributed by atoms with Gasteiger partial charge in [0.15, 0.2) is 0 Å². The quantitative estimate of drug-likeness (QED) is 0.702. The summed E-state index contributed by atoms with van der Waals surface area (Å²) in [5.41, 5.74) is 3.99. The number of nitrogens with one attached hydrogen (secondary N) is 1. The van der Waals surface area contributed by atoms with E-state index in [4.69, 9.17) is 5.11 Å². The second kappa shape index (κ2) is 7.04. The van der Waals surface area contributed by atoms with Crippen LogP contribution in [0.1, 0.15) is 0 Å². The maximum absolute atomic E-state index is 11.3. The molecular formula is C17H18N4O3S. The Labute approximate surface area is 146 Å². The van der Waals surface area contributed by atoms with Gasteiger partial charge in [0.2, 0.25) is 10.0 Å². The van der Waals surface area contributed by atoms with Crippen LogP contribution in [0, 0.1) is 0 Å². The van der Waals surface area contributed by atoms with Crippen molar-refractivity contribution in [2.24, 2.45) is 0 Å². The molecule has 0 amide bonds. The molecule has 130 valence electrons. The lowest BCUT2D eigenvalue weighted by Crippen LogP contribution is -2.09. The molecule has 7 nitrogen and oxygen atoms in total. The van der Waals surface area contributed by atoms with E-state index in [-0.39, 0.29) is 6.61 Å². The predicted octanol–water partition coefficient (Wildman–Crippen LogP) is 1.98. The van der Waals surface area contributed by atoms with E-state index in [9.17, 15) is 8.42 Å². The second-order valence-corrected chi connectivity index (χ2v) is 7.31. The lowest BCUT2D eigenvalue weighted by Gasteiger charge is -2.06. The maximum Gasteiger partial charge on any atom is 0.229 e. The van der Waals surface area contributed by atoms with Crippen LogP contribution in [0.25, 0.3) is 22.4 Å². The molecule has 0 aliphatic carbocycles. The normalized spacial score (nSPS) is 11.4. The van der Waals surface area contributed by atoms with E-state index < -0.39 is 10.0 Å². The summed E-state index contributed by atoms with van der Waals surface area (Å²) >= 11 is 0. The van der Waals surface area contributed by atoms with E-state index in [1.807, 2.05) is 30.5 Å². The molecule has 8 heteroatoms. The zero-order valence-corrected chi connectivity index (χ0v) is 14.4. The third-order valence-corrected chi connectivity index (χ3v) is 4.15. The van der Waals surface area contributed by atoms with E-state index >= 15 is 0 Å². The number of nitrogens with zero attached hydrogens (tertiary/aromatic N) is 3. The number of rotatable bonds is 6. The summed E-state index contributed by atoms with van der Waals surface area (Å²) in [6.07, 6.45) is 6.37. The first-order valence-corrected chi connectivity index (χ1v) is 9.52. The molecule has 0 atom stereocenters. The third kappa shape index (κ3) is 4.23. The van der Waals surface area contributed by atoms with Crippen LogP contribution in [0.5, 0.6) is 0 Å². The van der Waals surface area contributed by atoms with Crippen molar-refractivity contribution in [3.63, 3.8) is 0 Å². The lowest BCUT2D eigenvalue weighted by molar-refractivity contribution is 0.269. The van der Waals surface area contributed by atoms with E-state index in [1.165, 1.54) is 0 Å². The van der Waals surface area contributed by atoms with Crippen molar-refractivity contribution in [3.05, 3.63) is 55.0 Å². The molecule has 0 unspecified atom stereocenters. The summed E-state index contributed by atoms with van der Waals surface area (Å²) in [5, 5.41) is 13.7. The van der Waals surface area contributed by atoms with Crippen LogP contribution in [0.15, 0.2) is 55.0 Å². The summed E-state index contributed by atoms with van der Waals surface area (Å²) in [7, 11) is -3.31. The van der Waals surface area contributed by atoms with Gasteiger partial charge in [-0.15, -0.1) is 0 Å². The lowest BCUT2D eigenvalue weighted by atomic mass is 10.0. The van der Waals surface area contributed by atoms with E-state index in [0.29, 0.717) is 12.2 Å². The first kappa shape index (κ1) is 17.1.